The molecule has 1 saturated carbocycles. The first kappa shape index (κ1) is 13.5. The molecule has 0 radical (unpaired) electrons. The smallest absolute Gasteiger partial charge is 0.0969 e. The van der Waals surface area contributed by atoms with Crippen molar-refractivity contribution in [2.24, 2.45) is 0 Å². The third-order valence-electron chi connectivity index (χ3n) is 4.14. The lowest BCUT2D eigenvalue weighted by Crippen LogP contribution is -2.31. The summed E-state index contributed by atoms with van der Waals surface area (Å²) in [5, 5.41) is 1.34. The standard InChI is InChI=1S/C15H19BrN2S/c1-18(2)12-6-3-10(4-7-12)15-17-13-9-11(16)5-8-14(13)19-15/h5,8-10,12H,3-4,6-7H2,1-2H3. The Kier molecular flexibility index (Phi) is 3.92. The van der Waals surface area contributed by atoms with Crippen LogP contribution in [0.25, 0.3) is 10.2 Å². The summed E-state index contributed by atoms with van der Waals surface area (Å²) in [6.07, 6.45) is 5.17. The van der Waals surface area contributed by atoms with Gasteiger partial charge >= 0.3 is 0 Å². The minimum Gasteiger partial charge on any atom is -0.306 e. The first-order valence-corrected chi connectivity index (χ1v) is 8.47. The highest BCUT2D eigenvalue weighted by molar-refractivity contribution is 9.10. The van der Waals surface area contributed by atoms with E-state index >= 15 is 0 Å². The molecular weight excluding hydrogens is 320 g/mol. The lowest BCUT2D eigenvalue weighted by molar-refractivity contribution is 0.216. The van der Waals surface area contributed by atoms with Gasteiger partial charge in [0.15, 0.2) is 0 Å². The summed E-state index contributed by atoms with van der Waals surface area (Å²) in [5.41, 5.74) is 1.14. The highest BCUT2D eigenvalue weighted by Crippen LogP contribution is 2.38. The first-order valence-electron chi connectivity index (χ1n) is 6.86. The molecule has 2 aromatic rings. The summed E-state index contributed by atoms with van der Waals surface area (Å²) in [5.74, 6) is 0.673. The van der Waals surface area contributed by atoms with E-state index in [1.165, 1.54) is 35.4 Å². The van der Waals surface area contributed by atoms with Crippen LogP contribution in [0.15, 0.2) is 22.7 Å². The summed E-state index contributed by atoms with van der Waals surface area (Å²) in [6.45, 7) is 0. The van der Waals surface area contributed by atoms with Crippen molar-refractivity contribution in [2.75, 3.05) is 14.1 Å². The SMILES string of the molecule is CN(C)C1CCC(c2nc3cc(Br)ccc3s2)CC1. The van der Waals surface area contributed by atoms with Gasteiger partial charge in [0.05, 0.1) is 15.2 Å². The van der Waals surface area contributed by atoms with Gasteiger partial charge < -0.3 is 4.90 Å². The van der Waals surface area contributed by atoms with E-state index < -0.39 is 0 Å². The average molecular weight is 339 g/mol. The van der Waals surface area contributed by atoms with E-state index in [0.29, 0.717) is 5.92 Å². The monoisotopic (exact) mass is 338 g/mol. The molecule has 0 amide bonds. The molecule has 1 fully saturated rings. The Bertz CT molecular complexity index is 571. The minimum absolute atomic E-state index is 0.673. The number of fused-ring (bicyclic) bond motifs is 1. The number of benzene rings is 1. The van der Waals surface area contributed by atoms with Crippen LogP contribution in [0.5, 0.6) is 0 Å². The third-order valence-corrected chi connectivity index (χ3v) is 5.83. The van der Waals surface area contributed by atoms with Gasteiger partial charge in [-0.2, -0.15) is 0 Å². The largest absolute Gasteiger partial charge is 0.306 e. The second kappa shape index (κ2) is 5.51. The van der Waals surface area contributed by atoms with Crippen LogP contribution in [0.4, 0.5) is 0 Å². The predicted octanol–water partition coefficient (Wildman–Crippen LogP) is 4.65. The zero-order valence-electron chi connectivity index (χ0n) is 11.4. The van der Waals surface area contributed by atoms with Crippen LogP contribution in [0.3, 0.4) is 0 Å². The Hall–Kier alpha value is -0.450. The summed E-state index contributed by atoms with van der Waals surface area (Å²) in [4.78, 5) is 7.21. The second-order valence-corrected chi connectivity index (χ2v) is 7.61. The maximum absolute atomic E-state index is 4.84. The molecule has 0 bridgehead atoms. The molecule has 2 nitrogen and oxygen atoms in total. The van der Waals surface area contributed by atoms with Crippen LogP contribution in [0, 0.1) is 0 Å². The molecule has 1 aromatic heterocycles. The molecule has 0 unspecified atom stereocenters. The van der Waals surface area contributed by atoms with Crippen molar-refractivity contribution in [1.29, 1.82) is 0 Å². The molecule has 0 saturated heterocycles. The number of thiazole rings is 1. The van der Waals surface area contributed by atoms with E-state index in [-0.39, 0.29) is 0 Å². The van der Waals surface area contributed by atoms with Gasteiger partial charge in [-0.25, -0.2) is 4.98 Å². The van der Waals surface area contributed by atoms with Crippen LogP contribution in [0.2, 0.25) is 0 Å². The molecule has 0 aliphatic heterocycles. The Balaban J connectivity index is 1.78. The normalized spacial score (nSPS) is 24.2. The van der Waals surface area contributed by atoms with Crippen LogP contribution in [0.1, 0.15) is 36.6 Å². The quantitative estimate of drug-likeness (QED) is 0.792. The Morgan fingerprint density at radius 2 is 1.95 bits per heavy atom. The van der Waals surface area contributed by atoms with E-state index in [0.717, 1.165) is 16.0 Å². The van der Waals surface area contributed by atoms with Crippen LogP contribution >= 0.6 is 27.3 Å². The van der Waals surface area contributed by atoms with Gasteiger partial charge in [-0.15, -0.1) is 11.3 Å². The van der Waals surface area contributed by atoms with E-state index in [2.05, 4.69) is 53.1 Å². The van der Waals surface area contributed by atoms with Gasteiger partial charge in [0.2, 0.25) is 0 Å². The molecule has 1 aliphatic carbocycles. The lowest BCUT2D eigenvalue weighted by Gasteiger charge is -2.31. The third kappa shape index (κ3) is 2.86. The van der Waals surface area contributed by atoms with Gasteiger partial charge in [0.1, 0.15) is 0 Å². The summed E-state index contributed by atoms with van der Waals surface area (Å²) in [6, 6.07) is 7.17. The van der Waals surface area contributed by atoms with Crippen LogP contribution < -0.4 is 0 Å². The van der Waals surface area contributed by atoms with Crippen molar-refractivity contribution in [3.8, 4) is 0 Å². The summed E-state index contributed by atoms with van der Waals surface area (Å²) < 4.78 is 2.43. The number of aromatic nitrogens is 1. The molecular formula is C15H19BrN2S. The van der Waals surface area contributed by atoms with Crippen molar-refractivity contribution in [3.05, 3.63) is 27.7 Å². The van der Waals surface area contributed by atoms with Crippen molar-refractivity contribution in [3.63, 3.8) is 0 Å². The number of halogens is 1. The first-order chi connectivity index (χ1) is 9.13. The number of rotatable bonds is 2. The van der Waals surface area contributed by atoms with E-state index in [9.17, 15) is 0 Å². The number of hydrogen-bond donors (Lipinski definition) is 0. The zero-order valence-corrected chi connectivity index (χ0v) is 13.8. The van der Waals surface area contributed by atoms with E-state index in [4.69, 9.17) is 4.98 Å². The molecule has 1 heterocycles. The maximum atomic E-state index is 4.84. The zero-order chi connectivity index (χ0) is 13.4. The van der Waals surface area contributed by atoms with E-state index in [1.807, 2.05) is 11.3 Å². The summed E-state index contributed by atoms with van der Waals surface area (Å²) >= 11 is 5.40. The molecule has 0 atom stereocenters. The van der Waals surface area contributed by atoms with Crippen molar-refractivity contribution >= 4 is 37.5 Å². The van der Waals surface area contributed by atoms with Gasteiger partial charge in [0.25, 0.3) is 0 Å². The Morgan fingerprint density at radius 1 is 1.21 bits per heavy atom. The lowest BCUT2D eigenvalue weighted by atomic mass is 9.86. The van der Waals surface area contributed by atoms with E-state index in [1.54, 1.807) is 0 Å². The number of nitrogens with zero attached hydrogens (tertiary/aromatic N) is 2. The molecule has 3 rings (SSSR count). The van der Waals surface area contributed by atoms with Crippen molar-refractivity contribution < 1.29 is 0 Å². The van der Waals surface area contributed by atoms with Crippen LogP contribution in [-0.4, -0.2) is 30.0 Å². The molecule has 4 heteroatoms. The molecule has 0 N–H and O–H groups in total. The maximum Gasteiger partial charge on any atom is 0.0969 e. The Labute approximate surface area is 127 Å². The molecule has 1 aromatic carbocycles. The molecule has 102 valence electrons. The summed E-state index contributed by atoms with van der Waals surface area (Å²) in [7, 11) is 4.39. The topological polar surface area (TPSA) is 16.1 Å². The molecule has 0 spiro atoms. The molecule has 1 aliphatic rings. The molecule has 19 heavy (non-hydrogen) atoms. The average Bonchev–Trinajstić information content (AvgIpc) is 2.81. The second-order valence-electron chi connectivity index (χ2n) is 5.63. The Morgan fingerprint density at radius 3 is 2.63 bits per heavy atom. The highest BCUT2D eigenvalue weighted by Gasteiger charge is 2.25. The van der Waals surface area contributed by atoms with Gasteiger partial charge in [-0.05, 0) is 58.0 Å². The fourth-order valence-electron chi connectivity index (χ4n) is 2.93. The predicted molar refractivity (Wildman–Crippen MR) is 86.0 cm³/mol. The fraction of sp³-hybridized carbons (Fsp3) is 0.533. The minimum atomic E-state index is 0.673. The van der Waals surface area contributed by atoms with Gasteiger partial charge in [-0.3, -0.25) is 0 Å². The van der Waals surface area contributed by atoms with Crippen LogP contribution in [-0.2, 0) is 0 Å². The fourth-order valence-corrected chi connectivity index (χ4v) is 4.40. The highest BCUT2D eigenvalue weighted by atomic mass is 79.9. The van der Waals surface area contributed by atoms with Crippen molar-refractivity contribution in [1.82, 2.24) is 9.88 Å². The van der Waals surface area contributed by atoms with Gasteiger partial charge in [-0.1, -0.05) is 15.9 Å². The number of hydrogen-bond acceptors (Lipinski definition) is 3. The van der Waals surface area contributed by atoms with Crippen molar-refractivity contribution in [2.45, 2.75) is 37.6 Å². The van der Waals surface area contributed by atoms with Gasteiger partial charge in [0, 0.05) is 16.4 Å².